The van der Waals surface area contributed by atoms with Gasteiger partial charge >= 0.3 is 0 Å². The van der Waals surface area contributed by atoms with Crippen molar-refractivity contribution in [3.63, 3.8) is 0 Å². The first-order chi connectivity index (χ1) is 7.99. The molecule has 0 radical (unpaired) electrons. The van der Waals surface area contributed by atoms with Crippen molar-refractivity contribution in [2.45, 2.75) is 0 Å². The Morgan fingerprint density at radius 1 is 0.706 bits per heavy atom. The number of rotatable bonds is 1. The van der Waals surface area contributed by atoms with Gasteiger partial charge in [0, 0.05) is 0 Å². The SMILES string of the molecule is Nc1cc(-c2cc(Cl)c(Cl)c(Cl)c2)ccc1Cl. The molecule has 1 nitrogen and oxygen atoms in total. The minimum atomic E-state index is 0.346. The molecule has 0 aromatic heterocycles. The Labute approximate surface area is 119 Å². The summed E-state index contributed by atoms with van der Waals surface area (Å²) in [7, 11) is 0. The summed E-state index contributed by atoms with van der Waals surface area (Å²) in [4.78, 5) is 0. The zero-order chi connectivity index (χ0) is 12.6. The molecule has 0 saturated heterocycles. The molecule has 0 heterocycles. The maximum atomic E-state index is 5.97. The third-order valence-electron chi connectivity index (χ3n) is 2.31. The second-order valence-electron chi connectivity index (χ2n) is 3.49. The van der Waals surface area contributed by atoms with E-state index >= 15 is 0 Å². The highest BCUT2D eigenvalue weighted by molar-refractivity contribution is 6.48. The number of hydrogen-bond donors (Lipinski definition) is 1. The minimum absolute atomic E-state index is 0.346. The zero-order valence-corrected chi connectivity index (χ0v) is 11.5. The average molecular weight is 307 g/mol. The fraction of sp³-hybridized carbons (Fsp3) is 0. The van der Waals surface area contributed by atoms with E-state index in [4.69, 9.17) is 52.1 Å². The van der Waals surface area contributed by atoms with E-state index in [-0.39, 0.29) is 0 Å². The molecule has 5 heteroatoms. The average Bonchev–Trinajstić information content (AvgIpc) is 2.29. The lowest BCUT2D eigenvalue weighted by Crippen LogP contribution is -1.87. The molecule has 2 aromatic rings. The van der Waals surface area contributed by atoms with Gasteiger partial charge in [-0.3, -0.25) is 0 Å². The lowest BCUT2D eigenvalue weighted by molar-refractivity contribution is 1.61. The second kappa shape index (κ2) is 4.95. The van der Waals surface area contributed by atoms with Gasteiger partial charge in [0.15, 0.2) is 0 Å². The van der Waals surface area contributed by atoms with Crippen LogP contribution in [0.1, 0.15) is 0 Å². The maximum Gasteiger partial charge on any atom is 0.0778 e. The molecule has 88 valence electrons. The Balaban J connectivity index is 2.57. The van der Waals surface area contributed by atoms with Crippen LogP contribution < -0.4 is 5.73 Å². The van der Waals surface area contributed by atoms with E-state index < -0.39 is 0 Å². The van der Waals surface area contributed by atoms with E-state index in [1.54, 1.807) is 24.3 Å². The summed E-state index contributed by atoms with van der Waals surface area (Å²) < 4.78 is 0. The predicted molar refractivity (Wildman–Crippen MR) is 76.3 cm³/mol. The molecule has 2 rings (SSSR count). The van der Waals surface area contributed by atoms with Crippen molar-refractivity contribution < 1.29 is 0 Å². The van der Waals surface area contributed by atoms with Gasteiger partial charge in [0.05, 0.1) is 25.8 Å². The molecule has 0 aliphatic rings. The first-order valence-corrected chi connectivity index (χ1v) is 6.20. The van der Waals surface area contributed by atoms with Crippen molar-refractivity contribution >= 4 is 52.1 Å². The Kier molecular flexibility index (Phi) is 3.74. The van der Waals surface area contributed by atoms with Crippen molar-refractivity contribution in [2.24, 2.45) is 0 Å². The highest BCUT2D eigenvalue weighted by Gasteiger charge is 2.08. The summed E-state index contributed by atoms with van der Waals surface area (Å²) in [6.45, 7) is 0. The molecule has 0 fully saturated rings. The van der Waals surface area contributed by atoms with Gasteiger partial charge in [0.2, 0.25) is 0 Å². The first kappa shape index (κ1) is 12.8. The monoisotopic (exact) mass is 305 g/mol. The summed E-state index contributed by atoms with van der Waals surface area (Å²) in [5.74, 6) is 0. The van der Waals surface area contributed by atoms with Gasteiger partial charge in [-0.1, -0.05) is 52.5 Å². The lowest BCUT2D eigenvalue weighted by atomic mass is 10.1. The minimum Gasteiger partial charge on any atom is -0.398 e. The third kappa shape index (κ3) is 2.63. The smallest absolute Gasteiger partial charge is 0.0778 e. The van der Waals surface area contributed by atoms with Crippen LogP contribution >= 0.6 is 46.4 Å². The topological polar surface area (TPSA) is 26.0 Å². The van der Waals surface area contributed by atoms with Gasteiger partial charge in [0.25, 0.3) is 0 Å². The number of halogens is 4. The van der Waals surface area contributed by atoms with Gasteiger partial charge in [-0.15, -0.1) is 0 Å². The highest BCUT2D eigenvalue weighted by Crippen LogP contribution is 2.36. The van der Waals surface area contributed by atoms with Crippen molar-refractivity contribution in [2.75, 3.05) is 5.73 Å². The summed E-state index contributed by atoms with van der Waals surface area (Å²) in [5.41, 5.74) is 7.97. The van der Waals surface area contributed by atoms with Crippen LogP contribution in [0.5, 0.6) is 0 Å². The van der Waals surface area contributed by atoms with Crippen LogP contribution in [0.25, 0.3) is 11.1 Å². The molecular weight excluding hydrogens is 300 g/mol. The molecule has 2 aromatic carbocycles. The molecule has 0 spiro atoms. The van der Waals surface area contributed by atoms with Crippen LogP contribution in [-0.4, -0.2) is 0 Å². The van der Waals surface area contributed by atoms with Crippen LogP contribution in [0.15, 0.2) is 30.3 Å². The molecule has 0 amide bonds. The van der Waals surface area contributed by atoms with Crippen LogP contribution in [0.2, 0.25) is 20.1 Å². The Hall–Kier alpha value is -0.600. The fourth-order valence-electron chi connectivity index (χ4n) is 1.45. The Morgan fingerprint density at radius 3 is 1.82 bits per heavy atom. The molecule has 0 unspecified atom stereocenters. The van der Waals surface area contributed by atoms with Gasteiger partial charge in [-0.05, 0) is 35.4 Å². The van der Waals surface area contributed by atoms with Crippen molar-refractivity contribution in [1.82, 2.24) is 0 Å². The molecule has 0 aliphatic heterocycles. The molecular formula is C12H7Cl4N. The summed E-state index contributed by atoms with van der Waals surface area (Å²) in [6, 6.07) is 8.80. The van der Waals surface area contributed by atoms with Crippen LogP contribution in [0, 0.1) is 0 Å². The van der Waals surface area contributed by atoms with Crippen LogP contribution in [0.3, 0.4) is 0 Å². The number of nitrogen functional groups attached to an aromatic ring is 1. The van der Waals surface area contributed by atoms with Crippen molar-refractivity contribution in [3.8, 4) is 11.1 Å². The summed E-state index contributed by atoms with van der Waals surface area (Å²) in [5, 5.41) is 1.67. The van der Waals surface area contributed by atoms with E-state index in [1.807, 2.05) is 6.07 Å². The standard InChI is InChI=1S/C12H7Cl4N/c13-8-2-1-6(5-11(8)17)7-3-9(14)12(16)10(15)4-7/h1-5H,17H2. The number of benzene rings is 2. The molecule has 2 N–H and O–H groups in total. The van der Waals surface area contributed by atoms with E-state index in [0.29, 0.717) is 25.8 Å². The van der Waals surface area contributed by atoms with E-state index in [1.165, 1.54) is 0 Å². The number of hydrogen-bond acceptors (Lipinski definition) is 1. The third-order valence-corrected chi connectivity index (χ3v) is 3.85. The van der Waals surface area contributed by atoms with Crippen molar-refractivity contribution in [3.05, 3.63) is 50.4 Å². The molecule has 0 bridgehead atoms. The summed E-state index contributed by atoms with van der Waals surface area (Å²) >= 11 is 23.7. The molecule has 17 heavy (non-hydrogen) atoms. The fourth-order valence-corrected chi connectivity index (χ4v) is 2.16. The first-order valence-electron chi connectivity index (χ1n) is 4.69. The second-order valence-corrected chi connectivity index (χ2v) is 5.09. The normalized spacial score (nSPS) is 10.6. The summed E-state index contributed by atoms with van der Waals surface area (Å²) in [6.07, 6.45) is 0. The maximum absolute atomic E-state index is 5.97. The predicted octanol–water partition coefficient (Wildman–Crippen LogP) is 5.55. The highest BCUT2D eigenvalue weighted by atomic mass is 35.5. The van der Waals surface area contributed by atoms with Crippen LogP contribution in [-0.2, 0) is 0 Å². The van der Waals surface area contributed by atoms with E-state index in [9.17, 15) is 0 Å². The van der Waals surface area contributed by atoms with Gasteiger partial charge in [-0.2, -0.15) is 0 Å². The Morgan fingerprint density at radius 2 is 1.29 bits per heavy atom. The van der Waals surface area contributed by atoms with E-state index in [0.717, 1.165) is 11.1 Å². The quantitative estimate of drug-likeness (QED) is 0.542. The largest absolute Gasteiger partial charge is 0.398 e. The zero-order valence-electron chi connectivity index (χ0n) is 8.48. The lowest BCUT2D eigenvalue weighted by Gasteiger charge is -2.07. The van der Waals surface area contributed by atoms with Gasteiger partial charge in [0.1, 0.15) is 0 Å². The Bertz CT molecular complexity index is 558. The molecule has 0 atom stereocenters. The number of nitrogens with two attached hydrogens (primary N) is 1. The van der Waals surface area contributed by atoms with Crippen LogP contribution in [0.4, 0.5) is 5.69 Å². The van der Waals surface area contributed by atoms with Gasteiger partial charge < -0.3 is 5.73 Å². The van der Waals surface area contributed by atoms with E-state index in [2.05, 4.69) is 0 Å². The molecule has 0 aliphatic carbocycles. The van der Waals surface area contributed by atoms with Gasteiger partial charge in [-0.25, -0.2) is 0 Å². The van der Waals surface area contributed by atoms with Crippen molar-refractivity contribution in [1.29, 1.82) is 0 Å². The molecule has 0 saturated carbocycles. The number of anilines is 1.